The minimum absolute atomic E-state index is 0.0555. The van der Waals surface area contributed by atoms with Crippen molar-refractivity contribution in [1.82, 2.24) is 5.32 Å². The van der Waals surface area contributed by atoms with E-state index in [1.807, 2.05) is 37.3 Å². The Morgan fingerprint density at radius 2 is 2.00 bits per heavy atom. The van der Waals surface area contributed by atoms with Crippen molar-refractivity contribution in [2.45, 2.75) is 31.7 Å². The Labute approximate surface area is 95.6 Å². The molecule has 0 bridgehead atoms. The fourth-order valence-electron chi connectivity index (χ4n) is 1.39. The molecule has 1 rings (SSSR count). The van der Waals surface area contributed by atoms with E-state index in [1.54, 1.807) is 6.92 Å². The van der Waals surface area contributed by atoms with Crippen LogP contribution in [0.3, 0.4) is 0 Å². The van der Waals surface area contributed by atoms with Crippen LogP contribution in [0, 0.1) is 0 Å². The summed E-state index contributed by atoms with van der Waals surface area (Å²) in [6.07, 6.45) is 0.860. The molecule has 2 atom stereocenters. The number of carbonyl (C=O) groups is 1. The van der Waals surface area contributed by atoms with Gasteiger partial charge in [0.1, 0.15) is 5.38 Å². The van der Waals surface area contributed by atoms with Crippen LogP contribution in [-0.2, 0) is 4.79 Å². The summed E-state index contributed by atoms with van der Waals surface area (Å²) in [5.74, 6) is -0.118. The van der Waals surface area contributed by atoms with Gasteiger partial charge in [0.05, 0.1) is 6.04 Å². The zero-order chi connectivity index (χ0) is 11.3. The number of hydrogen-bond donors (Lipinski definition) is 1. The average molecular weight is 226 g/mol. The van der Waals surface area contributed by atoms with Crippen LogP contribution in [-0.4, -0.2) is 11.3 Å². The van der Waals surface area contributed by atoms with Gasteiger partial charge in [0.15, 0.2) is 0 Å². The van der Waals surface area contributed by atoms with Gasteiger partial charge in [-0.15, -0.1) is 11.6 Å². The topological polar surface area (TPSA) is 29.1 Å². The van der Waals surface area contributed by atoms with Crippen molar-refractivity contribution in [3.63, 3.8) is 0 Å². The fraction of sp³-hybridized carbons (Fsp3) is 0.417. The molecule has 1 N–H and O–H groups in total. The Kier molecular flexibility index (Phi) is 4.63. The van der Waals surface area contributed by atoms with Crippen molar-refractivity contribution >= 4 is 17.5 Å². The molecular formula is C12H16ClNO. The summed E-state index contributed by atoms with van der Waals surface area (Å²) >= 11 is 5.70. The second-order valence-corrected chi connectivity index (χ2v) is 4.15. The van der Waals surface area contributed by atoms with E-state index < -0.39 is 5.38 Å². The fourth-order valence-corrected chi connectivity index (χ4v) is 1.46. The van der Waals surface area contributed by atoms with E-state index >= 15 is 0 Å². The van der Waals surface area contributed by atoms with Crippen LogP contribution < -0.4 is 5.32 Å². The predicted octanol–water partition coefficient (Wildman–Crippen LogP) is 2.88. The zero-order valence-electron chi connectivity index (χ0n) is 9.03. The minimum Gasteiger partial charge on any atom is -0.348 e. The third kappa shape index (κ3) is 3.56. The SMILES string of the molecule is CC[C@@H](NC(=O)C(C)Cl)c1ccccc1. The Hall–Kier alpha value is -1.02. The molecule has 0 saturated heterocycles. The van der Waals surface area contributed by atoms with Crippen molar-refractivity contribution in [3.8, 4) is 0 Å². The molecule has 0 aromatic heterocycles. The average Bonchev–Trinajstić information content (AvgIpc) is 2.26. The molecule has 0 spiro atoms. The second-order valence-electron chi connectivity index (χ2n) is 3.50. The predicted molar refractivity (Wildman–Crippen MR) is 62.9 cm³/mol. The summed E-state index contributed by atoms with van der Waals surface area (Å²) in [7, 11) is 0. The second kappa shape index (κ2) is 5.76. The molecule has 0 aliphatic carbocycles. The number of halogens is 1. The van der Waals surface area contributed by atoms with Gasteiger partial charge in [-0.3, -0.25) is 4.79 Å². The van der Waals surface area contributed by atoms with Gasteiger partial charge in [0.25, 0.3) is 0 Å². The number of benzene rings is 1. The number of carbonyl (C=O) groups excluding carboxylic acids is 1. The molecule has 2 nitrogen and oxygen atoms in total. The Bertz CT molecular complexity index is 311. The summed E-state index contributed by atoms with van der Waals surface area (Å²) in [6.45, 7) is 3.71. The van der Waals surface area contributed by atoms with E-state index in [0.29, 0.717) is 0 Å². The van der Waals surface area contributed by atoms with Crippen molar-refractivity contribution in [1.29, 1.82) is 0 Å². The van der Waals surface area contributed by atoms with E-state index in [9.17, 15) is 4.79 Å². The standard InChI is InChI=1S/C12H16ClNO/c1-3-11(14-12(15)9(2)13)10-7-5-4-6-8-10/h4-9,11H,3H2,1-2H3,(H,14,15)/t9?,11-/m1/s1. The Balaban J connectivity index is 2.69. The number of alkyl halides is 1. The molecule has 1 aromatic carbocycles. The summed E-state index contributed by atoms with van der Waals surface area (Å²) in [5.41, 5.74) is 1.12. The van der Waals surface area contributed by atoms with E-state index in [2.05, 4.69) is 5.32 Å². The van der Waals surface area contributed by atoms with Crippen molar-refractivity contribution < 1.29 is 4.79 Å². The maximum Gasteiger partial charge on any atom is 0.238 e. The molecule has 15 heavy (non-hydrogen) atoms. The first-order valence-electron chi connectivity index (χ1n) is 5.14. The van der Waals surface area contributed by atoms with Gasteiger partial charge in [-0.2, -0.15) is 0 Å². The number of hydrogen-bond acceptors (Lipinski definition) is 1. The zero-order valence-corrected chi connectivity index (χ0v) is 9.79. The summed E-state index contributed by atoms with van der Waals surface area (Å²) in [4.78, 5) is 11.4. The highest BCUT2D eigenvalue weighted by Crippen LogP contribution is 2.16. The molecule has 0 aliphatic heterocycles. The molecule has 1 unspecified atom stereocenters. The number of nitrogens with one attached hydrogen (secondary N) is 1. The van der Waals surface area contributed by atoms with Crippen molar-refractivity contribution in [3.05, 3.63) is 35.9 Å². The molecule has 0 fully saturated rings. The third-order valence-electron chi connectivity index (χ3n) is 2.29. The van der Waals surface area contributed by atoms with Gasteiger partial charge in [-0.05, 0) is 18.9 Å². The molecule has 0 heterocycles. The quantitative estimate of drug-likeness (QED) is 0.785. The first-order chi connectivity index (χ1) is 7.15. The van der Waals surface area contributed by atoms with Crippen LogP contribution >= 0.6 is 11.6 Å². The van der Waals surface area contributed by atoms with E-state index in [-0.39, 0.29) is 11.9 Å². The molecule has 0 saturated carbocycles. The molecule has 1 aromatic rings. The van der Waals surface area contributed by atoms with Gasteiger partial charge in [0.2, 0.25) is 5.91 Å². The van der Waals surface area contributed by atoms with Gasteiger partial charge in [-0.1, -0.05) is 37.3 Å². The lowest BCUT2D eigenvalue weighted by atomic mass is 10.0. The molecule has 1 amide bonds. The van der Waals surface area contributed by atoms with E-state index in [0.717, 1.165) is 12.0 Å². The van der Waals surface area contributed by atoms with Crippen molar-refractivity contribution in [2.75, 3.05) is 0 Å². The monoisotopic (exact) mass is 225 g/mol. The highest BCUT2D eigenvalue weighted by atomic mass is 35.5. The lowest BCUT2D eigenvalue weighted by Gasteiger charge is -2.18. The van der Waals surface area contributed by atoms with Crippen molar-refractivity contribution in [2.24, 2.45) is 0 Å². The molecule has 82 valence electrons. The Morgan fingerprint density at radius 1 is 1.40 bits per heavy atom. The van der Waals surface area contributed by atoms with Crippen LogP contribution in [0.2, 0.25) is 0 Å². The van der Waals surface area contributed by atoms with Gasteiger partial charge >= 0.3 is 0 Å². The number of rotatable bonds is 4. The lowest BCUT2D eigenvalue weighted by molar-refractivity contribution is -0.121. The van der Waals surface area contributed by atoms with Crippen LogP contribution in [0.15, 0.2) is 30.3 Å². The maximum atomic E-state index is 11.4. The summed E-state index contributed by atoms with van der Waals surface area (Å²) in [6, 6.07) is 9.96. The summed E-state index contributed by atoms with van der Waals surface area (Å²) < 4.78 is 0. The smallest absolute Gasteiger partial charge is 0.238 e. The van der Waals surface area contributed by atoms with E-state index in [1.165, 1.54) is 0 Å². The minimum atomic E-state index is -0.484. The first kappa shape index (κ1) is 12.1. The van der Waals surface area contributed by atoms with E-state index in [4.69, 9.17) is 11.6 Å². The highest BCUT2D eigenvalue weighted by molar-refractivity contribution is 6.30. The molecular weight excluding hydrogens is 210 g/mol. The lowest BCUT2D eigenvalue weighted by Crippen LogP contribution is -2.33. The third-order valence-corrected chi connectivity index (χ3v) is 2.49. The maximum absolute atomic E-state index is 11.4. The molecule has 0 aliphatic rings. The van der Waals surface area contributed by atoms with Crippen LogP contribution in [0.25, 0.3) is 0 Å². The first-order valence-corrected chi connectivity index (χ1v) is 5.58. The van der Waals surface area contributed by atoms with Crippen LogP contribution in [0.5, 0.6) is 0 Å². The molecule has 0 radical (unpaired) electrons. The van der Waals surface area contributed by atoms with Gasteiger partial charge in [0, 0.05) is 0 Å². The van der Waals surface area contributed by atoms with Gasteiger partial charge < -0.3 is 5.32 Å². The largest absolute Gasteiger partial charge is 0.348 e. The van der Waals surface area contributed by atoms with Crippen LogP contribution in [0.1, 0.15) is 31.9 Å². The molecule has 3 heteroatoms. The number of amides is 1. The summed E-state index contributed by atoms with van der Waals surface area (Å²) in [5, 5.41) is 2.43. The highest BCUT2D eigenvalue weighted by Gasteiger charge is 2.15. The van der Waals surface area contributed by atoms with Gasteiger partial charge in [-0.25, -0.2) is 0 Å². The normalized spacial score (nSPS) is 14.3. The van der Waals surface area contributed by atoms with Crippen LogP contribution in [0.4, 0.5) is 0 Å². The Morgan fingerprint density at radius 3 is 2.47 bits per heavy atom.